The van der Waals surface area contributed by atoms with E-state index in [0.717, 1.165) is 25.7 Å². The highest BCUT2D eigenvalue weighted by Gasteiger charge is 2.33. The minimum Gasteiger partial charge on any atom is -0.120 e. The standard InChI is InChI=1S/C7H11Cl3/c8-6-4-2-1-3-5-7(6,9)10/h6H,1-5H2. The molecule has 0 amide bonds. The summed E-state index contributed by atoms with van der Waals surface area (Å²) in [7, 11) is 0. The van der Waals surface area contributed by atoms with Crippen molar-refractivity contribution in [1.82, 2.24) is 0 Å². The number of hydrogen-bond acceptors (Lipinski definition) is 0. The van der Waals surface area contributed by atoms with E-state index in [-0.39, 0.29) is 5.38 Å². The molecule has 3 heteroatoms. The summed E-state index contributed by atoms with van der Waals surface area (Å²) >= 11 is 17.9. The lowest BCUT2D eigenvalue weighted by Gasteiger charge is -2.21. The lowest BCUT2D eigenvalue weighted by atomic mass is 10.2. The van der Waals surface area contributed by atoms with Gasteiger partial charge >= 0.3 is 0 Å². The highest BCUT2D eigenvalue weighted by Crippen LogP contribution is 2.39. The van der Waals surface area contributed by atoms with Crippen molar-refractivity contribution >= 4 is 34.8 Å². The summed E-state index contributed by atoms with van der Waals surface area (Å²) in [5.41, 5.74) is 0. The van der Waals surface area contributed by atoms with Gasteiger partial charge in [-0.3, -0.25) is 0 Å². The topological polar surface area (TPSA) is 0 Å². The van der Waals surface area contributed by atoms with E-state index in [0.29, 0.717) is 0 Å². The van der Waals surface area contributed by atoms with Crippen molar-refractivity contribution in [2.75, 3.05) is 0 Å². The molecule has 1 fully saturated rings. The minimum atomic E-state index is -0.669. The van der Waals surface area contributed by atoms with Gasteiger partial charge in [0.1, 0.15) is 4.33 Å². The van der Waals surface area contributed by atoms with Crippen LogP contribution in [0.2, 0.25) is 0 Å². The maximum atomic E-state index is 5.96. The van der Waals surface area contributed by atoms with Crippen molar-refractivity contribution in [1.29, 1.82) is 0 Å². The van der Waals surface area contributed by atoms with Gasteiger partial charge in [-0.15, -0.1) is 34.8 Å². The molecule has 60 valence electrons. The fourth-order valence-electron chi connectivity index (χ4n) is 1.23. The van der Waals surface area contributed by atoms with Crippen LogP contribution < -0.4 is 0 Å². The first-order valence-corrected chi connectivity index (χ1v) is 4.84. The molecule has 0 aromatic heterocycles. The van der Waals surface area contributed by atoms with Crippen LogP contribution in [0.15, 0.2) is 0 Å². The Morgan fingerprint density at radius 2 is 1.80 bits per heavy atom. The Morgan fingerprint density at radius 1 is 1.10 bits per heavy atom. The van der Waals surface area contributed by atoms with E-state index in [1.807, 2.05) is 0 Å². The summed E-state index contributed by atoms with van der Waals surface area (Å²) in [5, 5.41) is -0.0571. The quantitative estimate of drug-likeness (QED) is 0.414. The van der Waals surface area contributed by atoms with E-state index in [9.17, 15) is 0 Å². The molecule has 0 aromatic carbocycles. The average Bonchev–Trinajstić information content (AvgIpc) is 1.96. The molecule has 0 aliphatic heterocycles. The number of hydrogen-bond donors (Lipinski definition) is 0. The average molecular weight is 202 g/mol. The normalized spacial score (nSPS) is 33.3. The first-order valence-electron chi connectivity index (χ1n) is 3.65. The van der Waals surface area contributed by atoms with Gasteiger partial charge in [-0.25, -0.2) is 0 Å². The van der Waals surface area contributed by atoms with Crippen molar-refractivity contribution in [3.8, 4) is 0 Å². The molecule has 0 saturated heterocycles. The van der Waals surface area contributed by atoms with Gasteiger partial charge in [0, 0.05) is 0 Å². The second kappa shape index (κ2) is 3.51. The first-order chi connectivity index (χ1) is 4.63. The molecule has 0 aromatic rings. The van der Waals surface area contributed by atoms with Crippen LogP contribution in [0.25, 0.3) is 0 Å². The molecule has 0 radical (unpaired) electrons. The van der Waals surface area contributed by atoms with Gasteiger partial charge < -0.3 is 0 Å². The molecule has 1 unspecified atom stereocenters. The van der Waals surface area contributed by atoms with Crippen LogP contribution in [0.3, 0.4) is 0 Å². The zero-order valence-electron chi connectivity index (χ0n) is 5.75. The first kappa shape index (κ1) is 8.96. The van der Waals surface area contributed by atoms with Crippen LogP contribution in [-0.2, 0) is 0 Å². The van der Waals surface area contributed by atoms with Crippen LogP contribution in [-0.4, -0.2) is 9.71 Å². The molecule has 1 aliphatic carbocycles. The van der Waals surface area contributed by atoms with Crippen molar-refractivity contribution < 1.29 is 0 Å². The van der Waals surface area contributed by atoms with Gasteiger partial charge in [-0.2, -0.15) is 0 Å². The lowest BCUT2D eigenvalue weighted by molar-refractivity contribution is 0.662. The fourth-order valence-corrected chi connectivity index (χ4v) is 1.98. The van der Waals surface area contributed by atoms with Crippen molar-refractivity contribution in [2.45, 2.75) is 41.8 Å². The Bertz CT molecular complexity index is 111. The van der Waals surface area contributed by atoms with Crippen molar-refractivity contribution in [2.24, 2.45) is 0 Å². The molecule has 1 rings (SSSR count). The Labute approximate surface area is 76.8 Å². The van der Waals surface area contributed by atoms with E-state index in [1.54, 1.807) is 0 Å². The van der Waals surface area contributed by atoms with Crippen LogP contribution in [0, 0.1) is 0 Å². The van der Waals surface area contributed by atoms with E-state index in [4.69, 9.17) is 34.8 Å². The Hall–Kier alpha value is 0.870. The highest BCUT2D eigenvalue weighted by atomic mass is 35.5. The van der Waals surface area contributed by atoms with Crippen LogP contribution in [0.4, 0.5) is 0 Å². The van der Waals surface area contributed by atoms with E-state index < -0.39 is 4.33 Å². The number of rotatable bonds is 0. The third kappa shape index (κ3) is 2.18. The van der Waals surface area contributed by atoms with E-state index in [1.165, 1.54) is 6.42 Å². The summed E-state index contributed by atoms with van der Waals surface area (Å²) in [4.78, 5) is 0. The van der Waals surface area contributed by atoms with E-state index in [2.05, 4.69) is 0 Å². The summed E-state index contributed by atoms with van der Waals surface area (Å²) in [6.07, 6.45) is 5.27. The summed E-state index contributed by atoms with van der Waals surface area (Å²) < 4.78 is -0.669. The Morgan fingerprint density at radius 3 is 2.50 bits per heavy atom. The molecule has 0 heterocycles. The van der Waals surface area contributed by atoms with Crippen molar-refractivity contribution in [3.63, 3.8) is 0 Å². The predicted octanol–water partition coefficient (Wildman–Crippen LogP) is 3.73. The fraction of sp³-hybridized carbons (Fsp3) is 1.00. The molecule has 0 nitrogen and oxygen atoms in total. The second-order valence-corrected chi connectivity index (χ2v) is 4.90. The number of alkyl halides is 3. The van der Waals surface area contributed by atoms with Crippen LogP contribution in [0.1, 0.15) is 32.1 Å². The smallest absolute Gasteiger partial charge is 0.120 e. The van der Waals surface area contributed by atoms with Crippen molar-refractivity contribution in [3.05, 3.63) is 0 Å². The Balaban J connectivity index is 2.52. The highest BCUT2D eigenvalue weighted by molar-refractivity contribution is 6.52. The largest absolute Gasteiger partial charge is 0.134 e. The molecular weight excluding hydrogens is 190 g/mol. The minimum absolute atomic E-state index is 0.0571. The number of halogens is 3. The van der Waals surface area contributed by atoms with Gasteiger partial charge in [0.15, 0.2) is 0 Å². The zero-order chi connectivity index (χ0) is 7.61. The van der Waals surface area contributed by atoms with Gasteiger partial charge in [-0.05, 0) is 12.8 Å². The molecule has 1 aliphatic rings. The lowest BCUT2D eigenvalue weighted by Crippen LogP contribution is -2.24. The van der Waals surface area contributed by atoms with Crippen LogP contribution >= 0.6 is 34.8 Å². The summed E-state index contributed by atoms with van der Waals surface area (Å²) in [6, 6.07) is 0. The third-order valence-electron chi connectivity index (χ3n) is 1.93. The van der Waals surface area contributed by atoms with E-state index >= 15 is 0 Å². The molecule has 1 saturated carbocycles. The molecule has 0 N–H and O–H groups in total. The Kier molecular flexibility index (Phi) is 3.15. The van der Waals surface area contributed by atoms with Gasteiger partial charge in [-0.1, -0.05) is 19.3 Å². The SMILES string of the molecule is ClC1CCCCCC1(Cl)Cl. The molecule has 10 heavy (non-hydrogen) atoms. The summed E-state index contributed by atoms with van der Waals surface area (Å²) in [6.45, 7) is 0. The van der Waals surface area contributed by atoms with Gasteiger partial charge in [0.05, 0.1) is 5.38 Å². The van der Waals surface area contributed by atoms with Gasteiger partial charge in [0.25, 0.3) is 0 Å². The third-order valence-corrected chi connectivity index (χ3v) is 3.64. The molecule has 0 spiro atoms. The molecular formula is C7H11Cl3. The molecule has 1 atom stereocenters. The second-order valence-electron chi connectivity index (χ2n) is 2.83. The van der Waals surface area contributed by atoms with Crippen LogP contribution in [0.5, 0.6) is 0 Å². The predicted molar refractivity (Wildman–Crippen MR) is 47.2 cm³/mol. The maximum Gasteiger partial charge on any atom is 0.134 e. The molecule has 0 bridgehead atoms. The van der Waals surface area contributed by atoms with Gasteiger partial charge in [0.2, 0.25) is 0 Å². The maximum absolute atomic E-state index is 5.96. The zero-order valence-corrected chi connectivity index (χ0v) is 8.01. The summed E-state index contributed by atoms with van der Waals surface area (Å²) in [5.74, 6) is 0. The monoisotopic (exact) mass is 200 g/mol.